The van der Waals surface area contributed by atoms with E-state index in [1.165, 1.54) is 6.20 Å². The van der Waals surface area contributed by atoms with Crippen molar-refractivity contribution in [1.82, 2.24) is 15.2 Å². The number of nitrogens with zero attached hydrogens (tertiary/aromatic N) is 4. The van der Waals surface area contributed by atoms with Crippen LogP contribution in [0.3, 0.4) is 0 Å². The van der Waals surface area contributed by atoms with Crippen molar-refractivity contribution in [2.45, 2.75) is 25.9 Å². The van der Waals surface area contributed by atoms with E-state index in [4.69, 9.17) is 5.73 Å². The maximum atomic E-state index is 11.8. The normalized spacial score (nSPS) is 15.0. The highest BCUT2D eigenvalue weighted by Crippen LogP contribution is 2.38. The highest BCUT2D eigenvalue weighted by Gasteiger charge is 2.32. The number of fused-ring (bicyclic) bond motifs is 1. The largest absolute Gasteiger partial charge is 0.488 e. The van der Waals surface area contributed by atoms with Crippen LogP contribution in [0.4, 0.5) is 17.5 Å². The number of aromatic nitrogens is 3. The molecule has 0 saturated carbocycles. The number of carbonyl (C=O) groups excluding carboxylic acids is 1. The van der Waals surface area contributed by atoms with Gasteiger partial charge < -0.3 is 26.0 Å². The molecule has 1 atom stereocenters. The van der Waals surface area contributed by atoms with Crippen LogP contribution in [0.25, 0.3) is 0 Å². The fourth-order valence-corrected chi connectivity index (χ4v) is 3.71. The first-order valence-corrected chi connectivity index (χ1v) is 9.53. The van der Waals surface area contributed by atoms with Crippen LogP contribution in [0, 0.1) is 0 Å². The third kappa shape index (κ3) is 3.82. The molecule has 1 unspecified atom stereocenters. The minimum Gasteiger partial charge on any atom is -0.423 e. The number of nitrogens with one attached hydrogen (secondary N) is 1. The lowest BCUT2D eigenvalue weighted by Gasteiger charge is -2.22. The summed E-state index contributed by atoms with van der Waals surface area (Å²) in [6, 6.07) is 12.5. The van der Waals surface area contributed by atoms with E-state index in [0.29, 0.717) is 35.8 Å². The summed E-state index contributed by atoms with van der Waals surface area (Å²) in [7, 11) is -1.51. The van der Waals surface area contributed by atoms with E-state index in [2.05, 4.69) is 20.5 Å². The molecule has 1 amide bonds. The fraction of sp³-hybridized carbons (Fsp3) is 0.200. The first-order valence-electron chi connectivity index (χ1n) is 9.53. The Balaban J connectivity index is 1.57. The monoisotopic (exact) mass is 404 g/mol. The van der Waals surface area contributed by atoms with Gasteiger partial charge in [0.15, 0.2) is 5.82 Å². The van der Waals surface area contributed by atoms with Gasteiger partial charge in [0.05, 0.1) is 6.20 Å². The Morgan fingerprint density at radius 2 is 2.10 bits per heavy atom. The van der Waals surface area contributed by atoms with Gasteiger partial charge in [-0.25, -0.2) is 0 Å². The zero-order valence-corrected chi connectivity index (χ0v) is 16.4. The van der Waals surface area contributed by atoms with Crippen molar-refractivity contribution in [2.75, 3.05) is 10.2 Å². The Labute approximate surface area is 173 Å². The van der Waals surface area contributed by atoms with Crippen LogP contribution in [0.2, 0.25) is 0 Å². The Kier molecular flexibility index (Phi) is 5.34. The van der Waals surface area contributed by atoms with Crippen molar-refractivity contribution < 1.29 is 14.8 Å². The molecule has 4 rings (SSSR count). The molecule has 0 saturated heterocycles. The number of hydrogen-bond acceptors (Lipinski definition) is 8. The lowest BCUT2D eigenvalue weighted by Crippen LogP contribution is -2.30. The summed E-state index contributed by atoms with van der Waals surface area (Å²) in [6.45, 7) is 2.45. The van der Waals surface area contributed by atoms with Crippen LogP contribution in [-0.2, 0) is 13.0 Å². The maximum Gasteiger partial charge on any atom is 0.488 e. The van der Waals surface area contributed by atoms with Gasteiger partial charge in [-0.05, 0) is 42.1 Å². The Morgan fingerprint density at radius 1 is 1.30 bits per heavy atom. The third-order valence-electron chi connectivity index (χ3n) is 5.10. The topological polar surface area (TPSA) is 137 Å². The first-order chi connectivity index (χ1) is 14.4. The summed E-state index contributed by atoms with van der Waals surface area (Å²) in [5.41, 5.74) is 9.06. The average molecular weight is 404 g/mol. The van der Waals surface area contributed by atoms with E-state index in [1.54, 1.807) is 30.3 Å². The van der Waals surface area contributed by atoms with Crippen LogP contribution < -0.4 is 21.4 Å². The molecule has 0 aliphatic carbocycles. The number of anilines is 3. The molecule has 3 aromatic rings. The molecule has 10 heteroatoms. The van der Waals surface area contributed by atoms with Gasteiger partial charge in [-0.1, -0.05) is 30.3 Å². The van der Waals surface area contributed by atoms with Crippen molar-refractivity contribution >= 4 is 35.9 Å². The van der Waals surface area contributed by atoms with Gasteiger partial charge in [-0.15, -0.1) is 5.10 Å². The smallest absolute Gasteiger partial charge is 0.423 e. The minimum absolute atomic E-state index is 0.0419. The second kappa shape index (κ2) is 8.09. The molecule has 152 valence electrons. The fourth-order valence-electron chi connectivity index (χ4n) is 3.71. The Bertz CT molecular complexity index is 1090. The maximum absolute atomic E-state index is 11.8. The number of rotatable bonds is 6. The number of hydrogen-bond donors (Lipinski definition) is 4. The first kappa shape index (κ1) is 19.8. The van der Waals surface area contributed by atoms with Gasteiger partial charge in [-0.2, -0.15) is 10.1 Å². The summed E-state index contributed by atoms with van der Waals surface area (Å²) in [5.74, 6) is 0.500. The lowest BCUT2D eigenvalue weighted by atomic mass is 9.80. The van der Waals surface area contributed by atoms with Crippen molar-refractivity contribution in [3.8, 4) is 0 Å². The van der Waals surface area contributed by atoms with Crippen molar-refractivity contribution in [3.63, 3.8) is 0 Å². The molecule has 9 nitrogen and oxygen atoms in total. The van der Waals surface area contributed by atoms with Crippen molar-refractivity contribution in [2.24, 2.45) is 5.73 Å². The van der Waals surface area contributed by atoms with E-state index in [1.807, 2.05) is 24.0 Å². The molecule has 0 spiro atoms. The molecule has 0 bridgehead atoms. The predicted octanol–water partition coefficient (Wildman–Crippen LogP) is 0.345. The van der Waals surface area contributed by atoms with Crippen molar-refractivity contribution in [3.05, 3.63) is 65.4 Å². The molecule has 2 heterocycles. The third-order valence-corrected chi connectivity index (χ3v) is 5.10. The molecule has 1 aromatic heterocycles. The van der Waals surface area contributed by atoms with Gasteiger partial charge in [0.2, 0.25) is 5.91 Å². The van der Waals surface area contributed by atoms with Crippen LogP contribution in [0.1, 0.15) is 28.4 Å². The predicted molar refractivity (Wildman–Crippen MR) is 114 cm³/mol. The minimum atomic E-state index is -1.51. The zero-order chi connectivity index (χ0) is 21.3. The molecule has 1 aliphatic rings. The highest BCUT2D eigenvalue weighted by atomic mass is 16.4. The molecule has 5 N–H and O–H groups in total. The standard InChI is InChI=1S/C20H21BN6O3/c1-12-8-16-15(19(22)28)6-3-7-17(16)27(12)20-25-18(11-24-26-20)23-10-13-4-2-5-14(9-13)21(29)30/h2-7,9,11-12,29-30H,8,10H2,1H3,(H2,22,28)(H,23,25,26). The Hall–Kier alpha value is -3.50. The number of primary amides is 1. The zero-order valence-electron chi connectivity index (χ0n) is 16.4. The second-order valence-electron chi connectivity index (χ2n) is 7.20. The van der Waals surface area contributed by atoms with Gasteiger partial charge in [0.1, 0.15) is 0 Å². The lowest BCUT2D eigenvalue weighted by molar-refractivity contribution is 0.0999. The number of benzene rings is 2. The molecule has 0 radical (unpaired) electrons. The number of amides is 1. The number of carbonyl (C=O) groups is 1. The van der Waals surface area contributed by atoms with E-state index < -0.39 is 13.0 Å². The van der Waals surface area contributed by atoms with E-state index in [-0.39, 0.29) is 6.04 Å². The summed E-state index contributed by atoms with van der Waals surface area (Å²) >= 11 is 0. The van der Waals surface area contributed by atoms with Gasteiger partial charge in [0.25, 0.3) is 5.95 Å². The molecule has 30 heavy (non-hydrogen) atoms. The molecule has 1 aliphatic heterocycles. The van der Waals surface area contributed by atoms with E-state index >= 15 is 0 Å². The van der Waals surface area contributed by atoms with E-state index in [0.717, 1.165) is 16.8 Å². The van der Waals surface area contributed by atoms with Crippen LogP contribution >= 0.6 is 0 Å². The summed E-state index contributed by atoms with van der Waals surface area (Å²) in [5, 5.41) is 30.1. The average Bonchev–Trinajstić information content (AvgIpc) is 3.08. The van der Waals surface area contributed by atoms with Gasteiger partial charge in [-0.3, -0.25) is 4.79 Å². The highest BCUT2D eigenvalue weighted by molar-refractivity contribution is 6.58. The van der Waals surface area contributed by atoms with Gasteiger partial charge >= 0.3 is 7.12 Å². The van der Waals surface area contributed by atoms with Crippen LogP contribution in [-0.4, -0.2) is 44.3 Å². The quantitative estimate of drug-likeness (QED) is 0.432. The molecular weight excluding hydrogens is 383 g/mol. The molecular formula is C20H21BN6O3. The van der Waals surface area contributed by atoms with Gasteiger partial charge in [0, 0.05) is 23.8 Å². The Morgan fingerprint density at radius 3 is 2.87 bits per heavy atom. The second-order valence-corrected chi connectivity index (χ2v) is 7.20. The van der Waals surface area contributed by atoms with Crippen molar-refractivity contribution in [1.29, 1.82) is 0 Å². The molecule has 2 aromatic carbocycles. The molecule has 0 fully saturated rings. The number of nitrogens with two attached hydrogens (primary N) is 1. The summed E-state index contributed by atoms with van der Waals surface area (Å²) < 4.78 is 0. The van der Waals surface area contributed by atoms with Crippen LogP contribution in [0.15, 0.2) is 48.7 Å². The summed E-state index contributed by atoms with van der Waals surface area (Å²) in [4.78, 5) is 18.3. The summed E-state index contributed by atoms with van der Waals surface area (Å²) in [6.07, 6.45) is 2.18. The van der Waals surface area contributed by atoms with Crippen LogP contribution in [0.5, 0.6) is 0 Å². The SMILES string of the molecule is CC1Cc2c(C(N)=O)cccc2N1c1nncc(NCc2cccc(B(O)O)c2)n1. The van der Waals surface area contributed by atoms with E-state index in [9.17, 15) is 14.8 Å².